The maximum atomic E-state index is 9.84. The predicted octanol–water partition coefficient (Wildman–Crippen LogP) is 1.40. The summed E-state index contributed by atoms with van der Waals surface area (Å²) in [5.41, 5.74) is 0.978. The zero-order valence-corrected chi connectivity index (χ0v) is 9.70. The van der Waals surface area contributed by atoms with Crippen molar-refractivity contribution in [3.8, 4) is 5.75 Å². The van der Waals surface area contributed by atoms with Crippen LogP contribution >= 0.6 is 0 Å². The summed E-state index contributed by atoms with van der Waals surface area (Å²) >= 11 is 0. The van der Waals surface area contributed by atoms with E-state index in [1.165, 1.54) is 0 Å². The van der Waals surface area contributed by atoms with Crippen molar-refractivity contribution in [1.82, 2.24) is 0 Å². The molecule has 0 spiro atoms. The van der Waals surface area contributed by atoms with Crippen molar-refractivity contribution in [2.24, 2.45) is 0 Å². The van der Waals surface area contributed by atoms with Crippen LogP contribution in [-0.4, -0.2) is 35.4 Å². The van der Waals surface area contributed by atoms with Crippen molar-refractivity contribution >= 4 is 11.4 Å². The van der Waals surface area contributed by atoms with E-state index in [0.29, 0.717) is 6.54 Å². The summed E-state index contributed by atoms with van der Waals surface area (Å²) in [7, 11) is 0. The van der Waals surface area contributed by atoms with Crippen molar-refractivity contribution in [1.29, 1.82) is 0 Å². The van der Waals surface area contributed by atoms with Crippen molar-refractivity contribution in [2.75, 3.05) is 29.9 Å². The molecule has 0 saturated heterocycles. The van der Waals surface area contributed by atoms with Gasteiger partial charge < -0.3 is 20.4 Å². The lowest BCUT2D eigenvalue weighted by Crippen LogP contribution is -2.43. The van der Waals surface area contributed by atoms with Crippen LogP contribution in [0.15, 0.2) is 18.2 Å². The fourth-order valence-corrected chi connectivity index (χ4v) is 2.04. The number of anilines is 2. The van der Waals surface area contributed by atoms with E-state index in [1.807, 2.05) is 12.1 Å². The summed E-state index contributed by atoms with van der Waals surface area (Å²) in [6.07, 6.45) is 0. The molecule has 2 rings (SSSR count). The number of hydrogen-bond donors (Lipinski definition) is 3. The summed E-state index contributed by atoms with van der Waals surface area (Å²) in [6, 6.07) is 5.44. The van der Waals surface area contributed by atoms with E-state index in [1.54, 1.807) is 19.9 Å². The van der Waals surface area contributed by atoms with E-state index in [-0.39, 0.29) is 5.75 Å². The first-order valence-corrected chi connectivity index (χ1v) is 5.50. The smallest absolute Gasteiger partial charge is 0.140 e. The second-order valence-electron chi connectivity index (χ2n) is 4.83. The van der Waals surface area contributed by atoms with Crippen LogP contribution in [0.1, 0.15) is 13.8 Å². The van der Waals surface area contributed by atoms with E-state index in [0.717, 1.165) is 24.5 Å². The van der Waals surface area contributed by atoms with Gasteiger partial charge in [-0.05, 0) is 26.0 Å². The number of para-hydroxylation sites is 1. The molecule has 1 aliphatic rings. The normalized spacial score (nSPS) is 15.6. The van der Waals surface area contributed by atoms with Gasteiger partial charge in [0.15, 0.2) is 0 Å². The molecule has 1 aromatic carbocycles. The summed E-state index contributed by atoms with van der Waals surface area (Å²) in [4.78, 5) is 2.09. The number of hydrogen-bond acceptors (Lipinski definition) is 4. The molecule has 4 heteroatoms. The first kappa shape index (κ1) is 11.1. The Morgan fingerprint density at radius 1 is 1.44 bits per heavy atom. The van der Waals surface area contributed by atoms with Crippen LogP contribution in [0.4, 0.5) is 11.4 Å². The molecule has 0 atom stereocenters. The number of β-amino-alcohol motifs (C(OH)–C–C–N with tert-alkyl or cyclic N) is 1. The summed E-state index contributed by atoms with van der Waals surface area (Å²) < 4.78 is 0. The van der Waals surface area contributed by atoms with E-state index >= 15 is 0 Å². The minimum Gasteiger partial charge on any atom is -0.506 e. The fraction of sp³-hybridized carbons (Fsp3) is 0.500. The SMILES string of the molecule is CC(C)(O)CN1CCNc2c(O)cccc21. The van der Waals surface area contributed by atoms with Crippen LogP contribution in [-0.2, 0) is 0 Å². The molecule has 0 fully saturated rings. The molecule has 0 bridgehead atoms. The van der Waals surface area contributed by atoms with Gasteiger partial charge in [0.2, 0.25) is 0 Å². The van der Waals surface area contributed by atoms with Gasteiger partial charge in [-0.1, -0.05) is 6.07 Å². The van der Waals surface area contributed by atoms with Gasteiger partial charge in [0, 0.05) is 19.6 Å². The first-order chi connectivity index (χ1) is 7.47. The number of fused-ring (bicyclic) bond motifs is 1. The van der Waals surface area contributed by atoms with Gasteiger partial charge in [0.05, 0.1) is 11.3 Å². The third kappa shape index (κ3) is 2.22. The molecule has 3 N–H and O–H groups in total. The third-order valence-corrected chi connectivity index (χ3v) is 2.62. The zero-order chi connectivity index (χ0) is 11.8. The van der Waals surface area contributed by atoms with E-state index < -0.39 is 5.60 Å². The molecular formula is C12H18N2O2. The van der Waals surface area contributed by atoms with Gasteiger partial charge in [-0.25, -0.2) is 0 Å². The van der Waals surface area contributed by atoms with Crippen molar-refractivity contribution < 1.29 is 10.2 Å². The second kappa shape index (κ2) is 3.87. The van der Waals surface area contributed by atoms with E-state index in [4.69, 9.17) is 0 Å². The molecule has 16 heavy (non-hydrogen) atoms. The molecule has 1 heterocycles. The summed E-state index contributed by atoms with van der Waals surface area (Å²) in [6.45, 7) is 5.75. The number of aliphatic hydroxyl groups is 1. The molecule has 1 aliphatic heterocycles. The lowest BCUT2D eigenvalue weighted by molar-refractivity contribution is 0.0874. The maximum absolute atomic E-state index is 9.84. The molecule has 0 unspecified atom stereocenters. The van der Waals surface area contributed by atoms with Crippen LogP contribution < -0.4 is 10.2 Å². The Morgan fingerprint density at radius 3 is 2.88 bits per heavy atom. The van der Waals surface area contributed by atoms with Crippen LogP contribution in [0.25, 0.3) is 0 Å². The van der Waals surface area contributed by atoms with Gasteiger partial charge in [0.25, 0.3) is 0 Å². The standard InChI is InChI=1S/C12H18N2O2/c1-12(2,16)8-14-7-6-13-11-9(14)4-3-5-10(11)15/h3-5,13,15-16H,6-8H2,1-2H3. The molecule has 0 amide bonds. The van der Waals surface area contributed by atoms with Gasteiger partial charge in [-0.15, -0.1) is 0 Å². The molecular weight excluding hydrogens is 204 g/mol. The number of benzene rings is 1. The van der Waals surface area contributed by atoms with Gasteiger partial charge in [-0.2, -0.15) is 0 Å². The number of nitrogens with zero attached hydrogens (tertiary/aromatic N) is 1. The van der Waals surface area contributed by atoms with Crippen molar-refractivity contribution in [3.05, 3.63) is 18.2 Å². The van der Waals surface area contributed by atoms with E-state index in [9.17, 15) is 10.2 Å². The highest BCUT2D eigenvalue weighted by Gasteiger charge is 2.24. The fourth-order valence-electron chi connectivity index (χ4n) is 2.04. The lowest BCUT2D eigenvalue weighted by atomic mass is 10.1. The van der Waals surface area contributed by atoms with Crippen LogP contribution in [0.2, 0.25) is 0 Å². The first-order valence-electron chi connectivity index (χ1n) is 5.50. The highest BCUT2D eigenvalue weighted by molar-refractivity contribution is 5.77. The highest BCUT2D eigenvalue weighted by atomic mass is 16.3. The Hall–Kier alpha value is -1.42. The Bertz CT molecular complexity index is 385. The predicted molar refractivity (Wildman–Crippen MR) is 65.1 cm³/mol. The minimum atomic E-state index is -0.736. The molecule has 0 radical (unpaired) electrons. The summed E-state index contributed by atoms with van der Waals surface area (Å²) in [5.74, 6) is 0.262. The second-order valence-corrected chi connectivity index (χ2v) is 4.83. The molecule has 4 nitrogen and oxygen atoms in total. The summed E-state index contributed by atoms with van der Waals surface area (Å²) in [5, 5.41) is 22.7. The van der Waals surface area contributed by atoms with E-state index in [2.05, 4.69) is 10.2 Å². The Balaban J connectivity index is 2.30. The van der Waals surface area contributed by atoms with Crippen molar-refractivity contribution in [2.45, 2.75) is 19.4 Å². The monoisotopic (exact) mass is 222 g/mol. The zero-order valence-electron chi connectivity index (χ0n) is 9.70. The molecule has 1 aromatic rings. The number of nitrogens with one attached hydrogen (secondary N) is 1. The Kier molecular flexibility index (Phi) is 2.68. The van der Waals surface area contributed by atoms with Gasteiger partial charge >= 0.3 is 0 Å². The van der Waals surface area contributed by atoms with Gasteiger partial charge in [0.1, 0.15) is 11.4 Å². The van der Waals surface area contributed by atoms with Crippen LogP contribution in [0.3, 0.4) is 0 Å². The Morgan fingerprint density at radius 2 is 2.19 bits per heavy atom. The van der Waals surface area contributed by atoms with Crippen LogP contribution in [0, 0.1) is 0 Å². The number of aromatic hydroxyl groups is 1. The van der Waals surface area contributed by atoms with Crippen molar-refractivity contribution in [3.63, 3.8) is 0 Å². The molecule has 0 aromatic heterocycles. The maximum Gasteiger partial charge on any atom is 0.140 e. The third-order valence-electron chi connectivity index (χ3n) is 2.62. The topological polar surface area (TPSA) is 55.7 Å². The van der Waals surface area contributed by atoms with Gasteiger partial charge in [-0.3, -0.25) is 0 Å². The van der Waals surface area contributed by atoms with Crippen LogP contribution in [0.5, 0.6) is 5.75 Å². The number of phenols is 1. The highest BCUT2D eigenvalue weighted by Crippen LogP contribution is 2.36. The quantitative estimate of drug-likeness (QED) is 0.662. The minimum absolute atomic E-state index is 0.262. The average molecular weight is 222 g/mol. The molecule has 0 saturated carbocycles. The number of rotatable bonds is 2. The number of phenolic OH excluding ortho intramolecular Hbond substituents is 1. The Labute approximate surface area is 95.5 Å². The molecule has 0 aliphatic carbocycles. The average Bonchev–Trinajstić information content (AvgIpc) is 2.17. The molecule has 88 valence electrons. The lowest BCUT2D eigenvalue weighted by Gasteiger charge is -2.36. The largest absolute Gasteiger partial charge is 0.506 e.